The average Bonchev–Trinajstić information content (AvgIpc) is 3.29. The van der Waals surface area contributed by atoms with Crippen LogP contribution in [0, 0.1) is 11.7 Å². The lowest BCUT2D eigenvalue weighted by Gasteiger charge is -2.35. The van der Waals surface area contributed by atoms with Crippen molar-refractivity contribution in [3.63, 3.8) is 0 Å². The van der Waals surface area contributed by atoms with Gasteiger partial charge in [0.15, 0.2) is 0 Å². The first-order chi connectivity index (χ1) is 14.2. The van der Waals surface area contributed by atoms with Crippen LogP contribution in [-0.4, -0.2) is 33.9 Å². The molecule has 29 heavy (non-hydrogen) atoms. The van der Waals surface area contributed by atoms with E-state index in [2.05, 4.69) is 20.2 Å². The summed E-state index contributed by atoms with van der Waals surface area (Å²) in [6, 6.07) is 12.1. The first kappa shape index (κ1) is 19.7. The molecule has 0 bridgehead atoms. The van der Waals surface area contributed by atoms with Crippen molar-refractivity contribution < 1.29 is 9.18 Å². The van der Waals surface area contributed by atoms with Crippen LogP contribution in [0.1, 0.15) is 39.9 Å². The van der Waals surface area contributed by atoms with Crippen LogP contribution in [0.4, 0.5) is 4.39 Å². The highest BCUT2D eigenvalue weighted by Crippen LogP contribution is 2.32. The van der Waals surface area contributed by atoms with Crippen LogP contribution < -0.4 is 5.32 Å². The molecule has 0 saturated carbocycles. The van der Waals surface area contributed by atoms with Crippen LogP contribution in [0.15, 0.2) is 60.2 Å². The van der Waals surface area contributed by atoms with E-state index in [0.29, 0.717) is 12.2 Å². The van der Waals surface area contributed by atoms with E-state index in [-0.39, 0.29) is 23.7 Å². The monoisotopic (exact) mass is 410 g/mol. The van der Waals surface area contributed by atoms with Gasteiger partial charge in [-0.2, -0.15) is 0 Å². The van der Waals surface area contributed by atoms with Crippen molar-refractivity contribution in [2.75, 3.05) is 13.1 Å². The number of rotatable bonds is 6. The summed E-state index contributed by atoms with van der Waals surface area (Å²) in [6.07, 6.45) is 5.23. The van der Waals surface area contributed by atoms with Crippen molar-refractivity contribution in [2.45, 2.75) is 25.4 Å². The number of hydrogen-bond acceptors (Lipinski definition) is 5. The molecule has 3 heterocycles. The van der Waals surface area contributed by atoms with E-state index in [0.717, 1.165) is 36.5 Å². The molecule has 1 atom stereocenters. The maximum absolute atomic E-state index is 14.0. The third kappa shape index (κ3) is 4.86. The minimum Gasteiger partial charge on any atom is -0.341 e. The smallest absolute Gasteiger partial charge is 0.270 e. The lowest BCUT2D eigenvalue weighted by Crippen LogP contribution is -2.40. The fraction of sp³-hybridized carbons (Fsp3) is 0.318. The number of likely N-dealkylation sites (tertiary alicyclic amines) is 1. The van der Waals surface area contributed by atoms with Crippen LogP contribution in [0.2, 0.25) is 0 Å². The Morgan fingerprint density at radius 3 is 2.62 bits per heavy atom. The number of carbonyl (C=O) groups is 1. The number of amides is 1. The van der Waals surface area contributed by atoms with Crippen molar-refractivity contribution in [1.82, 2.24) is 20.2 Å². The largest absolute Gasteiger partial charge is 0.341 e. The molecule has 1 fully saturated rings. The average molecular weight is 411 g/mol. The van der Waals surface area contributed by atoms with Gasteiger partial charge in [-0.15, -0.1) is 11.3 Å². The van der Waals surface area contributed by atoms with E-state index in [4.69, 9.17) is 0 Å². The Labute approximate surface area is 173 Å². The normalized spacial score (nSPS) is 16.4. The zero-order chi connectivity index (χ0) is 20.1. The predicted octanol–water partition coefficient (Wildman–Crippen LogP) is 4.06. The molecule has 4 rings (SSSR count). The number of thiazole rings is 1. The van der Waals surface area contributed by atoms with E-state index in [1.54, 1.807) is 41.9 Å². The molecule has 1 aliphatic heterocycles. The molecule has 1 saturated heterocycles. The third-order valence-electron chi connectivity index (χ3n) is 5.36. The van der Waals surface area contributed by atoms with Gasteiger partial charge in [-0.05, 0) is 50.0 Å². The molecular weight excluding hydrogens is 387 g/mol. The summed E-state index contributed by atoms with van der Waals surface area (Å²) < 4.78 is 14.0. The molecule has 1 aromatic carbocycles. The van der Waals surface area contributed by atoms with Gasteiger partial charge in [-0.25, -0.2) is 9.37 Å². The van der Waals surface area contributed by atoms with Gasteiger partial charge in [0.2, 0.25) is 0 Å². The second kappa shape index (κ2) is 9.24. The molecule has 1 N–H and O–H groups in total. The lowest BCUT2D eigenvalue weighted by atomic mass is 9.89. The second-order valence-electron chi connectivity index (χ2n) is 7.24. The van der Waals surface area contributed by atoms with Crippen molar-refractivity contribution in [3.8, 4) is 0 Å². The van der Waals surface area contributed by atoms with Crippen molar-refractivity contribution >= 4 is 17.2 Å². The summed E-state index contributed by atoms with van der Waals surface area (Å²) in [4.78, 5) is 23.6. The topological polar surface area (TPSA) is 58.1 Å². The summed E-state index contributed by atoms with van der Waals surface area (Å²) in [5, 5.41) is 6.00. The van der Waals surface area contributed by atoms with E-state index < -0.39 is 0 Å². The Morgan fingerprint density at radius 2 is 1.93 bits per heavy atom. The molecule has 150 valence electrons. The summed E-state index contributed by atoms with van der Waals surface area (Å²) >= 11 is 1.56. The number of nitrogens with zero attached hydrogens (tertiary/aromatic N) is 3. The van der Waals surface area contributed by atoms with Crippen molar-refractivity contribution in [1.29, 1.82) is 0 Å². The fourth-order valence-corrected chi connectivity index (χ4v) is 4.57. The maximum Gasteiger partial charge on any atom is 0.270 e. The zero-order valence-electron chi connectivity index (χ0n) is 16.0. The van der Waals surface area contributed by atoms with Crippen LogP contribution in [0.25, 0.3) is 0 Å². The Balaban J connectivity index is 1.42. The van der Waals surface area contributed by atoms with E-state index in [9.17, 15) is 9.18 Å². The molecule has 2 aromatic heterocycles. The number of carbonyl (C=O) groups excluding carboxylic acids is 1. The first-order valence-electron chi connectivity index (χ1n) is 9.78. The standard InChI is InChI=1S/C22H23FN4OS/c23-18-6-2-1-5-17(18)15-27-12-8-16(9-13-27)20(22-25-11-14-29-22)26-21(28)19-7-3-4-10-24-19/h1-7,10-11,14,16,20H,8-9,12-13,15H2,(H,26,28). The molecule has 0 aliphatic carbocycles. The number of halogens is 1. The van der Waals surface area contributed by atoms with Crippen LogP contribution in [-0.2, 0) is 6.54 Å². The van der Waals surface area contributed by atoms with E-state index in [1.165, 1.54) is 6.07 Å². The summed E-state index contributed by atoms with van der Waals surface area (Å²) in [5.74, 6) is -0.0526. The second-order valence-corrected chi connectivity index (χ2v) is 8.17. The molecule has 1 amide bonds. The van der Waals surface area contributed by atoms with Gasteiger partial charge >= 0.3 is 0 Å². The summed E-state index contributed by atoms with van der Waals surface area (Å²) in [5.41, 5.74) is 1.14. The summed E-state index contributed by atoms with van der Waals surface area (Å²) in [7, 11) is 0. The molecule has 0 radical (unpaired) electrons. The molecular formula is C22H23FN4OS. The maximum atomic E-state index is 14.0. The highest BCUT2D eigenvalue weighted by molar-refractivity contribution is 7.09. The Kier molecular flexibility index (Phi) is 6.27. The van der Waals surface area contributed by atoms with Gasteiger partial charge in [-0.3, -0.25) is 14.7 Å². The van der Waals surface area contributed by atoms with Gasteiger partial charge in [0, 0.05) is 29.9 Å². The molecule has 5 nitrogen and oxygen atoms in total. The van der Waals surface area contributed by atoms with Gasteiger partial charge in [-0.1, -0.05) is 24.3 Å². The Bertz CT molecular complexity index is 927. The van der Waals surface area contributed by atoms with Crippen LogP contribution in [0.5, 0.6) is 0 Å². The van der Waals surface area contributed by atoms with Crippen LogP contribution >= 0.6 is 11.3 Å². The third-order valence-corrected chi connectivity index (χ3v) is 6.22. The number of aromatic nitrogens is 2. The SMILES string of the molecule is O=C(NC(c1nccs1)C1CCN(Cc2ccccc2F)CC1)c1ccccn1. The minimum absolute atomic E-state index is 0.139. The molecule has 7 heteroatoms. The number of piperidine rings is 1. The highest BCUT2D eigenvalue weighted by atomic mass is 32.1. The highest BCUT2D eigenvalue weighted by Gasteiger charge is 2.31. The quantitative estimate of drug-likeness (QED) is 0.666. The lowest BCUT2D eigenvalue weighted by molar-refractivity contribution is 0.0885. The number of benzene rings is 1. The summed E-state index contributed by atoms with van der Waals surface area (Å²) in [6.45, 7) is 2.34. The van der Waals surface area contributed by atoms with Crippen molar-refractivity contribution in [2.24, 2.45) is 5.92 Å². The van der Waals surface area contributed by atoms with Gasteiger partial charge in [0.25, 0.3) is 5.91 Å². The molecule has 3 aromatic rings. The number of hydrogen-bond donors (Lipinski definition) is 1. The molecule has 1 aliphatic rings. The first-order valence-corrected chi connectivity index (χ1v) is 10.7. The number of pyridine rings is 1. The predicted molar refractivity (Wildman–Crippen MR) is 111 cm³/mol. The molecule has 0 spiro atoms. The van der Waals surface area contributed by atoms with E-state index in [1.807, 2.05) is 23.6 Å². The zero-order valence-corrected chi connectivity index (χ0v) is 16.8. The van der Waals surface area contributed by atoms with Gasteiger partial charge in [0.1, 0.15) is 16.5 Å². The molecule has 1 unspecified atom stereocenters. The van der Waals surface area contributed by atoms with Crippen molar-refractivity contribution in [3.05, 3.63) is 82.3 Å². The number of nitrogens with one attached hydrogen (secondary N) is 1. The van der Waals surface area contributed by atoms with Gasteiger partial charge < -0.3 is 5.32 Å². The Hall–Kier alpha value is -2.64. The fourth-order valence-electron chi connectivity index (χ4n) is 3.79. The van der Waals surface area contributed by atoms with Gasteiger partial charge in [0.05, 0.1) is 6.04 Å². The van der Waals surface area contributed by atoms with E-state index >= 15 is 0 Å². The Morgan fingerprint density at radius 1 is 1.14 bits per heavy atom. The van der Waals surface area contributed by atoms with Crippen LogP contribution in [0.3, 0.4) is 0 Å². The minimum atomic E-state index is -0.181.